The fourth-order valence-corrected chi connectivity index (χ4v) is 2.76. The summed E-state index contributed by atoms with van der Waals surface area (Å²) in [6, 6.07) is 0. The average Bonchev–Trinajstić information content (AvgIpc) is 2.37. The quantitative estimate of drug-likeness (QED) is 0.771. The van der Waals surface area contributed by atoms with Gasteiger partial charge in [-0.1, -0.05) is 33.8 Å². The van der Waals surface area contributed by atoms with E-state index in [1.807, 2.05) is 0 Å². The van der Waals surface area contributed by atoms with Crippen LogP contribution in [0.15, 0.2) is 28.1 Å². The minimum absolute atomic E-state index is 0.138. The summed E-state index contributed by atoms with van der Waals surface area (Å²) in [5.41, 5.74) is 0.613. The van der Waals surface area contributed by atoms with Crippen LogP contribution in [0.5, 0.6) is 0 Å². The van der Waals surface area contributed by atoms with Crippen LogP contribution in [0, 0.1) is 17.8 Å². The summed E-state index contributed by atoms with van der Waals surface area (Å²) in [6.07, 6.45) is 3.34. The number of halogens is 1. The van der Waals surface area contributed by atoms with Crippen molar-refractivity contribution in [2.24, 2.45) is 17.8 Å². The Labute approximate surface area is 129 Å². The van der Waals surface area contributed by atoms with Crippen molar-refractivity contribution in [1.29, 1.82) is 0 Å². The molecule has 0 atom stereocenters. The molecule has 0 aliphatic rings. The van der Waals surface area contributed by atoms with Crippen molar-refractivity contribution in [2.75, 3.05) is 11.9 Å². The summed E-state index contributed by atoms with van der Waals surface area (Å²) in [7, 11) is 0. The molecule has 0 spiro atoms. The maximum absolute atomic E-state index is 12.1. The number of aromatic nitrogens is 2. The van der Waals surface area contributed by atoms with Crippen LogP contribution in [0.1, 0.15) is 27.7 Å². The number of hydrogen-bond acceptors (Lipinski definition) is 3. The van der Waals surface area contributed by atoms with Crippen molar-refractivity contribution in [3.05, 3.63) is 33.7 Å². The molecule has 0 saturated carbocycles. The molecule has 20 heavy (non-hydrogen) atoms. The minimum atomic E-state index is -0.138. The van der Waals surface area contributed by atoms with Gasteiger partial charge in [0, 0.05) is 6.54 Å². The van der Waals surface area contributed by atoms with Gasteiger partial charge in [-0.25, -0.2) is 4.68 Å². The zero-order valence-electron chi connectivity index (χ0n) is 12.7. The molecule has 0 aliphatic carbocycles. The van der Waals surface area contributed by atoms with Crippen LogP contribution in [-0.2, 0) is 6.54 Å². The second-order valence-corrected chi connectivity index (χ2v) is 6.47. The Kier molecular flexibility index (Phi) is 6.46. The molecule has 0 amide bonds. The van der Waals surface area contributed by atoms with Gasteiger partial charge in [-0.2, -0.15) is 5.10 Å². The zero-order valence-corrected chi connectivity index (χ0v) is 14.3. The number of hydrogen-bond donors (Lipinski definition) is 1. The van der Waals surface area contributed by atoms with E-state index in [2.05, 4.69) is 60.6 Å². The van der Waals surface area contributed by atoms with Crippen molar-refractivity contribution < 1.29 is 0 Å². The van der Waals surface area contributed by atoms with Crippen LogP contribution >= 0.6 is 15.9 Å². The summed E-state index contributed by atoms with van der Waals surface area (Å²) in [5, 5.41) is 7.47. The minimum Gasteiger partial charge on any atom is -0.382 e. The zero-order chi connectivity index (χ0) is 15.3. The fourth-order valence-electron chi connectivity index (χ4n) is 2.31. The molecule has 4 nitrogen and oxygen atoms in total. The topological polar surface area (TPSA) is 46.9 Å². The van der Waals surface area contributed by atoms with E-state index in [0.717, 1.165) is 12.2 Å². The van der Waals surface area contributed by atoms with Gasteiger partial charge in [-0.05, 0) is 33.7 Å². The van der Waals surface area contributed by atoms with Crippen LogP contribution in [0.3, 0.4) is 0 Å². The first kappa shape index (κ1) is 17.0. The molecule has 1 aromatic rings. The monoisotopic (exact) mass is 341 g/mol. The second kappa shape index (κ2) is 7.62. The molecular formula is C15H24BrN3O. The lowest BCUT2D eigenvalue weighted by molar-refractivity contribution is 0.304. The van der Waals surface area contributed by atoms with Crippen LogP contribution in [0.4, 0.5) is 5.69 Å². The Hall–Kier alpha value is -1.10. The largest absolute Gasteiger partial charge is 0.382 e. The molecule has 0 saturated heterocycles. The van der Waals surface area contributed by atoms with Gasteiger partial charge in [0.1, 0.15) is 4.47 Å². The van der Waals surface area contributed by atoms with Crippen LogP contribution in [-0.4, -0.2) is 16.3 Å². The smallest absolute Gasteiger partial charge is 0.283 e. The molecule has 112 valence electrons. The van der Waals surface area contributed by atoms with E-state index in [1.165, 1.54) is 4.68 Å². The maximum atomic E-state index is 12.1. The van der Waals surface area contributed by atoms with Crippen molar-refractivity contribution in [3.8, 4) is 0 Å². The van der Waals surface area contributed by atoms with Gasteiger partial charge in [0.2, 0.25) is 0 Å². The number of anilines is 1. The lowest BCUT2D eigenvalue weighted by Gasteiger charge is -2.25. The van der Waals surface area contributed by atoms with Crippen LogP contribution in [0.25, 0.3) is 0 Å². The maximum Gasteiger partial charge on any atom is 0.283 e. The van der Waals surface area contributed by atoms with Crippen molar-refractivity contribution >= 4 is 21.6 Å². The van der Waals surface area contributed by atoms with E-state index in [4.69, 9.17) is 0 Å². The summed E-state index contributed by atoms with van der Waals surface area (Å²) in [5.74, 6) is 1.74. The third-order valence-electron chi connectivity index (χ3n) is 3.53. The molecule has 1 N–H and O–H groups in total. The van der Waals surface area contributed by atoms with E-state index in [9.17, 15) is 4.79 Å². The SMILES string of the molecule is C=CCn1ncc(NCC(C(C)C)C(C)C)c(Br)c1=O. The van der Waals surface area contributed by atoms with Gasteiger partial charge in [-0.15, -0.1) is 6.58 Å². The van der Waals surface area contributed by atoms with Crippen LogP contribution < -0.4 is 10.9 Å². The highest BCUT2D eigenvalue weighted by Gasteiger charge is 2.18. The van der Waals surface area contributed by atoms with E-state index >= 15 is 0 Å². The standard InChI is InChI=1S/C15H24BrN3O/c1-6-7-19-15(20)14(16)13(9-18-19)17-8-12(10(2)3)11(4)5/h6,9-12,17H,1,7-8H2,2-5H3. The van der Waals surface area contributed by atoms with Gasteiger partial charge in [-0.3, -0.25) is 4.79 Å². The summed E-state index contributed by atoms with van der Waals surface area (Å²) in [6.45, 7) is 13.8. The Bertz CT molecular complexity index is 500. The highest BCUT2D eigenvalue weighted by molar-refractivity contribution is 9.10. The van der Waals surface area contributed by atoms with Gasteiger partial charge < -0.3 is 5.32 Å². The van der Waals surface area contributed by atoms with E-state index in [1.54, 1.807) is 12.3 Å². The Morgan fingerprint density at radius 2 is 2.00 bits per heavy atom. The number of nitrogens with zero attached hydrogens (tertiary/aromatic N) is 2. The van der Waals surface area contributed by atoms with Gasteiger partial charge in [0.25, 0.3) is 5.56 Å². The summed E-state index contributed by atoms with van der Waals surface area (Å²) < 4.78 is 1.91. The Morgan fingerprint density at radius 1 is 1.40 bits per heavy atom. The Balaban J connectivity index is 2.86. The molecule has 1 aromatic heterocycles. The molecule has 0 radical (unpaired) electrons. The molecule has 1 heterocycles. The normalized spacial score (nSPS) is 11.4. The molecule has 0 fully saturated rings. The van der Waals surface area contributed by atoms with Crippen molar-refractivity contribution in [3.63, 3.8) is 0 Å². The van der Waals surface area contributed by atoms with Crippen molar-refractivity contribution in [2.45, 2.75) is 34.2 Å². The van der Waals surface area contributed by atoms with Gasteiger partial charge >= 0.3 is 0 Å². The lowest BCUT2D eigenvalue weighted by atomic mass is 9.85. The highest BCUT2D eigenvalue weighted by Crippen LogP contribution is 2.23. The molecule has 5 heteroatoms. The molecule has 0 unspecified atom stereocenters. The summed E-state index contributed by atoms with van der Waals surface area (Å²) >= 11 is 3.36. The first-order valence-corrected chi connectivity index (χ1v) is 7.78. The third-order valence-corrected chi connectivity index (χ3v) is 4.29. The summed E-state index contributed by atoms with van der Waals surface area (Å²) in [4.78, 5) is 12.1. The predicted molar refractivity (Wildman–Crippen MR) is 88.0 cm³/mol. The molecule has 0 aromatic carbocycles. The van der Waals surface area contributed by atoms with E-state index in [0.29, 0.717) is 28.8 Å². The fraction of sp³-hybridized carbons (Fsp3) is 0.600. The first-order valence-electron chi connectivity index (χ1n) is 6.98. The molecular weight excluding hydrogens is 318 g/mol. The number of nitrogens with one attached hydrogen (secondary N) is 1. The van der Waals surface area contributed by atoms with Crippen LogP contribution in [0.2, 0.25) is 0 Å². The van der Waals surface area contributed by atoms with Crippen molar-refractivity contribution in [1.82, 2.24) is 9.78 Å². The van der Waals surface area contributed by atoms with Gasteiger partial charge in [0.15, 0.2) is 0 Å². The predicted octanol–water partition coefficient (Wildman–Crippen LogP) is 3.53. The average molecular weight is 342 g/mol. The van der Waals surface area contributed by atoms with Gasteiger partial charge in [0.05, 0.1) is 18.4 Å². The number of allylic oxidation sites excluding steroid dienone is 1. The lowest BCUT2D eigenvalue weighted by Crippen LogP contribution is -2.27. The van der Waals surface area contributed by atoms with E-state index < -0.39 is 0 Å². The van der Waals surface area contributed by atoms with E-state index in [-0.39, 0.29) is 5.56 Å². The molecule has 1 rings (SSSR count). The molecule has 0 bridgehead atoms. The highest BCUT2D eigenvalue weighted by atomic mass is 79.9. The number of rotatable bonds is 7. The first-order chi connectivity index (χ1) is 9.38. The Morgan fingerprint density at radius 3 is 2.50 bits per heavy atom. The molecule has 0 aliphatic heterocycles. The second-order valence-electron chi connectivity index (χ2n) is 5.68. The third kappa shape index (κ3) is 4.20.